The molecule has 1 saturated heterocycles. The highest BCUT2D eigenvalue weighted by Gasteiger charge is 2.22. The molecular formula is C13H16F2N2O. The molecule has 0 atom stereocenters. The second-order valence-corrected chi connectivity index (χ2v) is 4.46. The van der Waals surface area contributed by atoms with E-state index in [1.54, 1.807) is 0 Å². The molecule has 0 radical (unpaired) electrons. The van der Waals surface area contributed by atoms with Crippen molar-refractivity contribution < 1.29 is 13.6 Å². The van der Waals surface area contributed by atoms with Crippen LogP contribution in [0.15, 0.2) is 12.1 Å². The minimum atomic E-state index is -0.954. The Kier molecular flexibility index (Phi) is 3.91. The summed E-state index contributed by atoms with van der Waals surface area (Å²) in [5.41, 5.74) is 0.486. The van der Waals surface area contributed by atoms with E-state index in [2.05, 4.69) is 10.6 Å². The highest BCUT2D eigenvalue weighted by atomic mass is 19.2. The number of piperidine rings is 1. The lowest BCUT2D eigenvalue weighted by atomic mass is 9.88. The van der Waals surface area contributed by atoms with Gasteiger partial charge in [0.2, 0.25) is 0 Å². The first-order chi connectivity index (χ1) is 8.63. The van der Waals surface area contributed by atoms with Gasteiger partial charge in [-0.1, -0.05) is 0 Å². The quantitative estimate of drug-likeness (QED) is 0.845. The second-order valence-electron chi connectivity index (χ2n) is 4.46. The summed E-state index contributed by atoms with van der Waals surface area (Å²) in [6.45, 7) is 1.58. The normalized spacial score (nSPS) is 16.6. The van der Waals surface area contributed by atoms with Crippen LogP contribution in [0.2, 0.25) is 0 Å². The first-order valence-corrected chi connectivity index (χ1v) is 6.05. The van der Waals surface area contributed by atoms with E-state index in [9.17, 15) is 13.6 Å². The zero-order valence-corrected chi connectivity index (χ0v) is 10.2. The lowest BCUT2D eigenvalue weighted by Crippen LogP contribution is -2.27. The van der Waals surface area contributed by atoms with Crippen molar-refractivity contribution in [3.05, 3.63) is 34.9 Å². The van der Waals surface area contributed by atoms with Gasteiger partial charge < -0.3 is 10.6 Å². The van der Waals surface area contributed by atoms with E-state index in [1.165, 1.54) is 13.1 Å². The summed E-state index contributed by atoms with van der Waals surface area (Å²) in [5.74, 6) is -2.20. The standard InChI is InChI=1S/C13H16F2N2O/c1-16-13(18)9-6-10(12(15)11(14)7-9)8-2-4-17-5-3-8/h6-8,17H,2-5H2,1H3,(H,16,18). The predicted molar refractivity (Wildman–Crippen MR) is 64.6 cm³/mol. The number of carbonyl (C=O) groups is 1. The van der Waals surface area contributed by atoms with E-state index in [0.717, 1.165) is 32.0 Å². The van der Waals surface area contributed by atoms with Crippen LogP contribution in [0.25, 0.3) is 0 Å². The summed E-state index contributed by atoms with van der Waals surface area (Å²) in [5, 5.41) is 5.59. The molecule has 0 bridgehead atoms. The van der Waals surface area contributed by atoms with Gasteiger partial charge in [0.05, 0.1) is 0 Å². The Balaban J connectivity index is 2.38. The van der Waals surface area contributed by atoms with Crippen molar-refractivity contribution in [2.45, 2.75) is 18.8 Å². The number of nitrogens with one attached hydrogen (secondary N) is 2. The fraction of sp³-hybridized carbons (Fsp3) is 0.462. The third kappa shape index (κ3) is 2.51. The summed E-state index contributed by atoms with van der Waals surface area (Å²) >= 11 is 0. The maximum absolute atomic E-state index is 13.8. The Labute approximate surface area is 105 Å². The van der Waals surface area contributed by atoms with Gasteiger partial charge in [0.1, 0.15) is 0 Å². The third-order valence-corrected chi connectivity index (χ3v) is 3.32. The molecule has 0 aromatic heterocycles. The minimum absolute atomic E-state index is 0.0228. The molecule has 1 aliphatic rings. The molecule has 5 heteroatoms. The molecule has 0 saturated carbocycles. The number of halogens is 2. The molecule has 0 aliphatic carbocycles. The molecule has 0 unspecified atom stereocenters. The Bertz CT molecular complexity index is 457. The van der Waals surface area contributed by atoms with E-state index in [-0.39, 0.29) is 11.5 Å². The van der Waals surface area contributed by atoms with Gasteiger partial charge in [-0.2, -0.15) is 0 Å². The fourth-order valence-electron chi connectivity index (χ4n) is 2.32. The van der Waals surface area contributed by atoms with Gasteiger partial charge in [-0.25, -0.2) is 8.78 Å². The maximum atomic E-state index is 13.8. The molecule has 18 heavy (non-hydrogen) atoms. The zero-order chi connectivity index (χ0) is 13.1. The molecule has 0 spiro atoms. The molecule has 2 rings (SSSR count). The highest BCUT2D eigenvalue weighted by Crippen LogP contribution is 2.29. The molecule has 3 nitrogen and oxygen atoms in total. The van der Waals surface area contributed by atoms with Gasteiger partial charge in [-0.3, -0.25) is 4.79 Å². The van der Waals surface area contributed by atoms with Crippen LogP contribution in [0.3, 0.4) is 0 Å². The van der Waals surface area contributed by atoms with Crippen LogP contribution < -0.4 is 10.6 Å². The molecule has 98 valence electrons. The topological polar surface area (TPSA) is 41.1 Å². The van der Waals surface area contributed by atoms with Crippen molar-refractivity contribution in [2.75, 3.05) is 20.1 Å². The predicted octanol–water partition coefficient (Wildman–Crippen LogP) is 1.79. The van der Waals surface area contributed by atoms with Gasteiger partial charge in [-0.15, -0.1) is 0 Å². The zero-order valence-electron chi connectivity index (χ0n) is 10.2. The smallest absolute Gasteiger partial charge is 0.251 e. The van der Waals surface area contributed by atoms with Gasteiger partial charge in [0.25, 0.3) is 5.91 Å². The Morgan fingerprint density at radius 2 is 2.00 bits per heavy atom. The van der Waals surface area contributed by atoms with Crippen molar-refractivity contribution >= 4 is 5.91 Å². The largest absolute Gasteiger partial charge is 0.355 e. The van der Waals surface area contributed by atoms with Crippen LogP contribution in [0.1, 0.15) is 34.7 Å². The summed E-state index contributed by atoms with van der Waals surface area (Å²) in [7, 11) is 1.47. The van der Waals surface area contributed by atoms with E-state index >= 15 is 0 Å². The summed E-state index contributed by atoms with van der Waals surface area (Å²) in [6.07, 6.45) is 1.51. The Morgan fingerprint density at radius 3 is 2.61 bits per heavy atom. The second kappa shape index (κ2) is 5.44. The van der Waals surface area contributed by atoms with Crippen LogP contribution in [0.4, 0.5) is 8.78 Å². The summed E-state index contributed by atoms with van der Waals surface area (Å²) in [6, 6.07) is 2.41. The van der Waals surface area contributed by atoms with Gasteiger partial charge in [0, 0.05) is 12.6 Å². The van der Waals surface area contributed by atoms with E-state index in [0.29, 0.717) is 5.56 Å². The SMILES string of the molecule is CNC(=O)c1cc(F)c(F)c(C2CCNCC2)c1. The van der Waals surface area contributed by atoms with E-state index in [4.69, 9.17) is 0 Å². The summed E-state index contributed by atoms with van der Waals surface area (Å²) in [4.78, 5) is 11.5. The molecular weight excluding hydrogens is 238 g/mol. The van der Waals surface area contributed by atoms with Crippen molar-refractivity contribution in [1.29, 1.82) is 0 Å². The molecule has 1 aliphatic heterocycles. The molecule has 1 aromatic rings. The lowest BCUT2D eigenvalue weighted by molar-refractivity contribution is 0.0962. The van der Waals surface area contributed by atoms with Crippen molar-refractivity contribution in [1.82, 2.24) is 10.6 Å². The maximum Gasteiger partial charge on any atom is 0.251 e. The number of rotatable bonds is 2. The Morgan fingerprint density at radius 1 is 1.33 bits per heavy atom. The monoisotopic (exact) mass is 254 g/mol. The fourth-order valence-corrected chi connectivity index (χ4v) is 2.32. The number of hydrogen-bond donors (Lipinski definition) is 2. The third-order valence-electron chi connectivity index (χ3n) is 3.32. The lowest BCUT2D eigenvalue weighted by Gasteiger charge is -2.23. The Hall–Kier alpha value is -1.49. The average molecular weight is 254 g/mol. The van der Waals surface area contributed by atoms with E-state index < -0.39 is 17.5 Å². The molecule has 1 aromatic carbocycles. The van der Waals surface area contributed by atoms with Crippen LogP contribution in [0.5, 0.6) is 0 Å². The first kappa shape index (κ1) is 13.0. The van der Waals surface area contributed by atoms with Crippen molar-refractivity contribution in [2.24, 2.45) is 0 Å². The van der Waals surface area contributed by atoms with Crippen LogP contribution in [-0.2, 0) is 0 Å². The van der Waals surface area contributed by atoms with Crippen LogP contribution in [0, 0.1) is 11.6 Å². The van der Waals surface area contributed by atoms with E-state index in [1.807, 2.05) is 0 Å². The molecule has 2 N–H and O–H groups in total. The highest BCUT2D eigenvalue weighted by molar-refractivity contribution is 5.94. The molecule has 1 fully saturated rings. The number of amides is 1. The summed E-state index contributed by atoms with van der Waals surface area (Å²) < 4.78 is 27.3. The molecule has 1 heterocycles. The van der Waals surface area contributed by atoms with Crippen LogP contribution in [-0.4, -0.2) is 26.0 Å². The number of carbonyl (C=O) groups excluding carboxylic acids is 1. The minimum Gasteiger partial charge on any atom is -0.355 e. The average Bonchev–Trinajstić information content (AvgIpc) is 2.41. The van der Waals surface area contributed by atoms with Gasteiger partial charge >= 0.3 is 0 Å². The first-order valence-electron chi connectivity index (χ1n) is 6.05. The van der Waals surface area contributed by atoms with Gasteiger partial charge in [-0.05, 0) is 49.5 Å². The van der Waals surface area contributed by atoms with Crippen LogP contribution >= 0.6 is 0 Å². The van der Waals surface area contributed by atoms with Gasteiger partial charge in [0.15, 0.2) is 11.6 Å². The van der Waals surface area contributed by atoms with Crippen molar-refractivity contribution in [3.63, 3.8) is 0 Å². The number of benzene rings is 1. The number of hydrogen-bond acceptors (Lipinski definition) is 2. The van der Waals surface area contributed by atoms with Crippen molar-refractivity contribution in [3.8, 4) is 0 Å². The molecule has 1 amide bonds.